The maximum absolute atomic E-state index is 5.66. The number of morpholine rings is 1. The number of methoxy groups -OCH3 is 1. The molecular formula is C17H28N2O2. The van der Waals surface area contributed by atoms with Crippen LogP contribution in [0, 0.1) is 0 Å². The van der Waals surface area contributed by atoms with Crippen LogP contribution in [0.1, 0.15) is 38.8 Å². The second kappa shape index (κ2) is 7.66. The second-order valence-corrected chi connectivity index (χ2v) is 5.70. The largest absolute Gasteiger partial charge is 0.496 e. The highest BCUT2D eigenvalue weighted by molar-refractivity contribution is 5.61. The first-order chi connectivity index (χ1) is 10.2. The van der Waals surface area contributed by atoms with Crippen LogP contribution >= 0.6 is 0 Å². The molecule has 0 radical (unpaired) electrons. The summed E-state index contributed by atoms with van der Waals surface area (Å²) in [6.07, 6.45) is 1.40. The van der Waals surface area contributed by atoms with E-state index in [-0.39, 0.29) is 12.1 Å². The third-order valence-corrected chi connectivity index (χ3v) is 3.98. The highest BCUT2D eigenvalue weighted by Gasteiger charge is 2.23. The molecule has 0 aliphatic carbocycles. The van der Waals surface area contributed by atoms with Crippen LogP contribution in [-0.4, -0.2) is 39.5 Å². The molecule has 2 unspecified atom stereocenters. The van der Waals surface area contributed by atoms with Gasteiger partial charge in [0.05, 0.1) is 19.8 Å². The van der Waals surface area contributed by atoms with Gasteiger partial charge >= 0.3 is 0 Å². The number of hydrogen-bond acceptors (Lipinski definition) is 4. The van der Waals surface area contributed by atoms with E-state index in [2.05, 4.69) is 43.1 Å². The van der Waals surface area contributed by atoms with Gasteiger partial charge in [-0.3, -0.25) is 0 Å². The van der Waals surface area contributed by atoms with E-state index in [1.807, 2.05) is 6.07 Å². The van der Waals surface area contributed by atoms with Crippen molar-refractivity contribution in [3.63, 3.8) is 0 Å². The number of nitrogens with one attached hydrogen (secondary N) is 1. The fraction of sp³-hybridized carbons (Fsp3) is 0.647. The first-order valence-electron chi connectivity index (χ1n) is 7.94. The third kappa shape index (κ3) is 3.89. The third-order valence-electron chi connectivity index (χ3n) is 3.98. The summed E-state index contributed by atoms with van der Waals surface area (Å²) in [7, 11) is 1.75. The monoisotopic (exact) mass is 292 g/mol. The van der Waals surface area contributed by atoms with Crippen LogP contribution in [0.25, 0.3) is 0 Å². The van der Waals surface area contributed by atoms with Crippen LogP contribution in [0.2, 0.25) is 0 Å². The SMILES string of the molecule is CCCNC(C)c1c(OC)cccc1N1CCOC(C)C1. The molecule has 118 valence electrons. The Kier molecular flexibility index (Phi) is 5.88. The van der Waals surface area contributed by atoms with Gasteiger partial charge in [0.1, 0.15) is 5.75 Å². The molecule has 1 aliphatic heterocycles. The second-order valence-electron chi connectivity index (χ2n) is 5.70. The van der Waals surface area contributed by atoms with Crippen molar-refractivity contribution in [2.24, 2.45) is 0 Å². The first-order valence-corrected chi connectivity index (χ1v) is 7.94. The van der Waals surface area contributed by atoms with Crippen LogP contribution < -0.4 is 15.0 Å². The predicted molar refractivity (Wildman–Crippen MR) is 87.3 cm³/mol. The Morgan fingerprint density at radius 3 is 2.95 bits per heavy atom. The summed E-state index contributed by atoms with van der Waals surface area (Å²) in [5, 5.41) is 3.58. The lowest BCUT2D eigenvalue weighted by atomic mass is 10.0. The molecular weight excluding hydrogens is 264 g/mol. The Morgan fingerprint density at radius 2 is 2.29 bits per heavy atom. The molecule has 1 aromatic rings. The van der Waals surface area contributed by atoms with Gasteiger partial charge in [0, 0.05) is 30.4 Å². The number of hydrogen-bond donors (Lipinski definition) is 1. The van der Waals surface area contributed by atoms with Crippen molar-refractivity contribution in [3.8, 4) is 5.75 Å². The number of benzene rings is 1. The number of rotatable bonds is 6. The van der Waals surface area contributed by atoms with Crippen LogP contribution in [0.4, 0.5) is 5.69 Å². The summed E-state index contributed by atoms with van der Waals surface area (Å²) < 4.78 is 11.3. The van der Waals surface area contributed by atoms with Gasteiger partial charge in [-0.15, -0.1) is 0 Å². The predicted octanol–water partition coefficient (Wildman–Crippen LogP) is 2.98. The van der Waals surface area contributed by atoms with Crippen molar-refractivity contribution in [2.45, 2.75) is 39.3 Å². The molecule has 1 N–H and O–H groups in total. The van der Waals surface area contributed by atoms with E-state index < -0.39 is 0 Å². The van der Waals surface area contributed by atoms with E-state index in [4.69, 9.17) is 9.47 Å². The maximum Gasteiger partial charge on any atom is 0.125 e. The van der Waals surface area contributed by atoms with Gasteiger partial charge in [-0.1, -0.05) is 13.0 Å². The summed E-state index contributed by atoms with van der Waals surface area (Å²) >= 11 is 0. The molecule has 1 aromatic carbocycles. The zero-order valence-corrected chi connectivity index (χ0v) is 13.7. The Hall–Kier alpha value is -1.26. The Labute approximate surface area is 128 Å². The lowest BCUT2D eigenvalue weighted by Crippen LogP contribution is -2.42. The number of nitrogens with zero attached hydrogens (tertiary/aromatic N) is 1. The first kappa shape index (κ1) is 16.1. The smallest absolute Gasteiger partial charge is 0.125 e. The van der Waals surface area contributed by atoms with Crippen molar-refractivity contribution >= 4 is 5.69 Å². The zero-order valence-electron chi connectivity index (χ0n) is 13.7. The van der Waals surface area contributed by atoms with Crippen molar-refractivity contribution in [1.82, 2.24) is 5.32 Å². The number of anilines is 1. The van der Waals surface area contributed by atoms with Gasteiger partial charge in [-0.2, -0.15) is 0 Å². The van der Waals surface area contributed by atoms with Crippen LogP contribution in [0.5, 0.6) is 5.75 Å². The lowest BCUT2D eigenvalue weighted by molar-refractivity contribution is 0.0531. The fourth-order valence-electron chi connectivity index (χ4n) is 2.92. The van der Waals surface area contributed by atoms with Crippen LogP contribution in [-0.2, 0) is 4.74 Å². The van der Waals surface area contributed by atoms with E-state index in [0.717, 1.165) is 38.4 Å². The van der Waals surface area contributed by atoms with E-state index in [1.54, 1.807) is 7.11 Å². The highest BCUT2D eigenvalue weighted by atomic mass is 16.5. The van der Waals surface area contributed by atoms with Gasteiger partial charge in [0.25, 0.3) is 0 Å². The summed E-state index contributed by atoms with van der Waals surface area (Å²) in [6, 6.07) is 6.59. The summed E-state index contributed by atoms with van der Waals surface area (Å²) in [5.74, 6) is 0.961. The molecule has 1 fully saturated rings. The molecule has 21 heavy (non-hydrogen) atoms. The Morgan fingerprint density at radius 1 is 1.48 bits per heavy atom. The molecule has 0 aromatic heterocycles. The molecule has 4 nitrogen and oxygen atoms in total. The summed E-state index contributed by atoms with van der Waals surface area (Å²) in [4.78, 5) is 2.41. The topological polar surface area (TPSA) is 33.7 Å². The average molecular weight is 292 g/mol. The molecule has 1 heterocycles. The van der Waals surface area contributed by atoms with Crippen LogP contribution in [0.15, 0.2) is 18.2 Å². The molecule has 2 atom stereocenters. The van der Waals surface area contributed by atoms with Crippen LogP contribution in [0.3, 0.4) is 0 Å². The minimum absolute atomic E-state index is 0.272. The fourth-order valence-corrected chi connectivity index (χ4v) is 2.92. The van der Waals surface area contributed by atoms with E-state index in [1.165, 1.54) is 11.3 Å². The zero-order chi connectivity index (χ0) is 15.2. The molecule has 2 rings (SSSR count). The van der Waals surface area contributed by atoms with E-state index in [9.17, 15) is 0 Å². The van der Waals surface area contributed by atoms with Crippen molar-refractivity contribution in [1.29, 1.82) is 0 Å². The Balaban J connectivity index is 2.30. The minimum atomic E-state index is 0.272. The molecule has 1 aliphatic rings. The van der Waals surface area contributed by atoms with Gasteiger partial charge in [-0.25, -0.2) is 0 Å². The standard InChI is InChI=1S/C17H28N2O2/c1-5-9-18-14(3)17-15(7-6-8-16(17)20-4)19-10-11-21-13(2)12-19/h6-8,13-14,18H,5,9-12H2,1-4H3. The summed E-state index contributed by atoms with van der Waals surface area (Å²) in [5.41, 5.74) is 2.52. The Bertz CT molecular complexity index is 450. The molecule has 1 saturated heterocycles. The van der Waals surface area contributed by atoms with Gasteiger partial charge in [0.15, 0.2) is 0 Å². The van der Waals surface area contributed by atoms with Crippen molar-refractivity contribution in [3.05, 3.63) is 23.8 Å². The summed E-state index contributed by atoms with van der Waals surface area (Å²) in [6.45, 7) is 10.2. The normalized spacial score (nSPS) is 20.4. The van der Waals surface area contributed by atoms with Crippen molar-refractivity contribution < 1.29 is 9.47 Å². The molecule has 0 amide bonds. The minimum Gasteiger partial charge on any atom is -0.496 e. The van der Waals surface area contributed by atoms with E-state index >= 15 is 0 Å². The maximum atomic E-state index is 5.66. The molecule has 4 heteroatoms. The highest BCUT2D eigenvalue weighted by Crippen LogP contribution is 2.35. The van der Waals surface area contributed by atoms with Gasteiger partial charge in [-0.05, 0) is 38.9 Å². The average Bonchev–Trinajstić information content (AvgIpc) is 2.51. The van der Waals surface area contributed by atoms with Gasteiger partial charge in [0.2, 0.25) is 0 Å². The van der Waals surface area contributed by atoms with Crippen molar-refractivity contribution in [2.75, 3.05) is 38.3 Å². The van der Waals surface area contributed by atoms with E-state index in [0.29, 0.717) is 0 Å². The molecule has 0 saturated carbocycles. The number of ether oxygens (including phenoxy) is 2. The van der Waals surface area contributed by atoms with Gasteiger partial charge < -0.3 is 19.7 Å². The lowest BCUT2D eigenvalue weighted by Gasteiger charge is -2.35. The quantitative estimate of drug-likeness (QED) is 0.874. The molecule has 0 spiro atoms. The molecule has 0 bridgehead atoms.